The molecule has 0 unspecified atom stereocenters. The molecule has 1 aromatic carbocycles. The highest BCUT2D eigenvalue weighted by Gasteiger charge is 1.98. The van der Waals surface area contributed by atoms with E-state index >= 15 is 0 Å². The third-order valence-electron chi connectivity index (χ3n) is 1.33. The summed E-state index contributed by atoms with van der Waals surface area (Å²) in [5.74, 6) is 0. The summed E-state index contributed by atoms with van der Waals surface area (Å²) in [5, 5.41) is 7.52. The van der Waals surface area contributed by atoms with Gasteiger partial charge in [-0.25, -0.2) is 0 Å². The van der Waals surface area contributed by atoms with Crippen LogP contribution in [0.4, 0.5) is 0 Å². The van der Waals surface area contributed by atoms with E-state index in [4.69, 9.17) is 16.7 Å². The Balaban J connectivity index is 0. The zero-order chi connectivity index (χ0) is 12.3. The van der Waals surface area contributed by atoms with Crippen LogP contribution < -0.4 is 0 Å². The molecule has 1 aromatic rings. The zero-order valence-corrected chi connectivity index (χ0v) is 11.0. The summed E-state index contributed by atoms with van der Waals surface area (Å²) < 4.78 is 0. The van der Waals surface area contributed by atoms with Crippen LogP contribution in [0.3, 0.4) is 0 Å². The van der Waals surface area contributed by atoms with Gasteiger partial charge in [-0.2, -0.15) is 0 Å². The molecule has 0 spiro atoms. The second kappa shape index (κ2) is 11.6. The van der Waals surface area contributed by atoms with E-state index in [0.29, 0.717) is 10.6 Å². The maximum absolute atomic E-state index is 10.3. The molecule has 0 aliphatic rings. The Morgan fingerprint density at radius 3 is 2.20 bits per heavy atom. The first-order chi connectivity index (χ1) is 7.27. The fraction of sp³-hybridized carbons (Fsp3) is 0.364. The maximum atomic E-state index is 10.3. The molecule has 0 saturated carbocycles. The molecule has 0 bridgehead atoms. The fourth-order valence-electron chi connectivity index (χ4n) is 0.730. The standard InChI is InChI=1S/C8H7ClOS.C2H6.CH4O/c1-11-7-3-2-6(5-10)8(9)4-7;2*1-2/h2-5H,1H3;1-2H3;2H,1H3. The van der Waals surface area contributed by atoms with Gasteiger partial charge in [0.1, 0.15) is 0 Å². The summed E-state index contributed by atoms with van der Waals surface area (Å²) in [4.78, 5) is 11.4. The predicted octanol–water partition coefficient (Wildman–Crippen LogP) is 3.51. The zero-order valence-electron chi connectivity index (χ0n) is 9.45. The number of aliphatic hydroxyl groups excluding tert-OH is 1. The molecular weight excluding hydrogens is 232 g/mol. The van der Waals surface area contributed by atoms with E-state index in [9.17, 15) is 4.79 Å². The van der Waals surface area contributed by atoms with Gasteiger partial charge in [-0.3, -0.25) is 4.79 Å². The van der Waals surface area contributed by atoms with Crippen molar-refractivity contribution in [3.8, 4) is 0 Å². The van der Waals surface area contributed by atoms with Gasteiger partial charge in [-0.15, -0.1) is 11.8 Å². The van der Waals surface area contributed by atoms with E-state index < -0.39 is 0 Å². The lowest BCUT2D eigenvalue weighted by Crippen LogP contribution is -1.81. The minimum absolute atomic E-state index is 0.520. The lowest BCUT2D eigenvalue weighted by Gasteiger charge is -1.98. The molecule has 15 heavy (non-hydrogen) atoms. The van der Waals surface area contributed by atoms with Gasteiger partial charge >= 0.3 is 0 Å². The molecular formula is C11H17ClO2S. The Kier molecular flexibility index (Phi) is 13.0. The van der Waals surface area contributed by atoms with Crippen molar-refractivity contribution >= 4 is 29.6 Å². The molecule has 2 nitrogen and oxygen atoms in total. The maximum Gasteiger partial charge on any atom is 0.151 e. The highest BCUT2D eigenvalue weighted by Crippen LogP contribution is 2.21. The van der Waals surface area contributed by atoms with Crippen molar-refractivity contribution in [2.45, 2.75) is 18.7 Å². The minimum Gasteiger partial charge on any atom is -0.400 e. The second-order valence-electron chi connectivity index (χ2n) is 2.01. The summed E-state index contributed by atoms with van der Waals surface area (Å²) in [6.07, 6.45) is 2.72. The fourth-order valence-corrected chi connectivity index (χ4v) is 1.46. The molecule has 0 aromatic heterocycles. The van der Waals surface area contributed by atoms with Crippen molar-refractivity contribution in [1.82, 2.24) is 0 Å². The van der Waals surface area contributed by atoms with Gasteiger partial charge < -0.3 is 5.11 Å². The molecule has 1 rings (SSSR count). The summed E-state index contributed by atoms with van der Waals surface area (Å²) >= 11 is 7.37. The number of carbonyl (C=O) groups excluding carboxylic acids is 1. The second-order valence-corrected chi connectivity index (χ2v) is 3.29. The number of hydrogen-bond donors (Lipinski definition) is 1. The van der Waals surface area contributed by atoms with Crippen LogP contribution in [0.2, 0.25) is 5.02 Å². The number of aldehydes is 1. The van der Waals surface area contributed by atoms with Gasteiger partial charge in [0.25, 0.3) is 0 Å². The Morgan fingerprint density at radius 1 is 1.33 bits per heavy atom. The van der Waals surface area contributed by atoms with Gasteiger partial charge in [-0.05, 0) is 24.5 Å². The Labute approximate surface area is 101 Å². The highest BCUT2D eigenvalue weighted by molar-refractivity contribution is 7.98. The van der Waals surface area contributed by atoms with Crippen LogP contribution in [0.1, 0.15) is 24.2 Å². The van der Waals surface area contributed by atoms with E-state index in [2.05, 4.69) is 0 Å². The van der Waals surface area contributed by atoms with Crippen molar-refractivity contribution in [3.05, 3.63) is 28.8 Å². The van der Waals surface area contributed by atoms with Crippen molar-refractivity contribution in [2.24, 2.45) is 0 Å². The van der Waals surface area contributed by atoms with Gasteiger partial charge in [0.15, 0.2) is 6.29 Å². The van der Waals surface area contributed by atoms with Crippen LogP contribution in [0.25, 0.3) is 0 Å². The van der Waals surface area contributed by atoms with Crippen LogP contribution in [0.5, 0.6) is 0 Å². The lowest BCUT2D eigenvalue weighted by molar-refractivity contribution is 0.112. The summed E-state index contributed by atoms with van der Waals surface area (Å²) in [6.45, 7) is 4.00. The smallest absolute Gasteiger partial charge is 0.151 e. The topological polar surface area (TPSA) is 37.3 Å². The minimum atomic E-state index is 0.520. The molecule has 1 N–H and O–H groups in total. The molecule has 0 amide bonds. The first-order valence-electron chi connectivity index (χ1n) is 4.51. The SMILES string of the molecule is CC.CO.CSc1ccc(C=O)c(Cl)c1. The monoisotopic (exact) mass is 248 g/mol. The third kappa shape index (κ3) is 6.55. The van der Waals surface area contributed by atoms with E-state index in [1.165, 1.54) is 0 Å². The number of carbonyl (C=O) groups is 1. The predicted molar refractivity (Wildman–Crippen MR) is 68.1 cm³/mol. The van der Waals surface area contributed by atoms with Crippen LogP contribution in [0.15, 0.2) is 23.1 Å². The molecule has 0 atom stereocenters. The average Bonchev–Trinajstić information content (AvgIpc) is 2.34. The number of aliphatic hydroxyl groups is 1. The van der Waals surface area contributed by atoms with Gasteiger partial charge in [0, 0.05) is 17.6 Å². The Hall–Kier alpha value is -0.510. The van der Waals surface area contributed by atoms with Crippen molar-refractivity contribution in [1.29, 1.82) is 0 Å². The Bertz CT molecular complexity index is 277. The van der Waals surface area contributed by atoms with E-state index in [1.54, 1.807) is 23.9 Å². The van der Waals surface area contributed by atoms with E-state index in [-0.39, 0.29) is 0 Å². The van der Waals surface area contributed by atoms with Crippen LogP contribution >= 0.6 is 23.4 Å². The molecule has 0 heterocycles. The van der Waals surface area contributed by atoms with Crippen molar-refractivity contribution in [2.75, 3.05) is 13.4 Å². The average molecular weight is 249 g/mol. The van der Waals surface area contributed by atoms with Crippen molar-refractivity contribution in [3.63, 3.8) is 0 Å². The van der Waals surface area contributed by atoms with Gasteiger partial charge in [0.05, 0.1) is 5.02 Å². The molecule has 0 radical (unpaired) electrons. The molecule has 0 aliphatic carbocycles. The first-order valence-corrected chi connectivity index (χ1v) is 6.11. The molecule has 0 saturated heterocycles. The Morgan fingerprint density at radius 2 is 1.87 bits per heavy atom. The number of hydrogen-bond acceptors (Lipinski definition) is 3. The lowest BCUT2D eigenvalue weighted by atomic mass is 10.2. The summed E-state index contributed by atoms with van der Waals surface area (Å²) in [7, 11) is 1.00. The third-order valence-corrected chi connectivity index (χ3v) is 2.39. The van der Waals surface area contributed by atoms with Gasteiger partial charge in [0.2, 0.25) is 0 Å². The summed E-state index contributed by atoms with van der Waals surface area (Å²) in [5.41, 5.74) is 0.546. The largest absolute Gasteiger partial charge is 0.400 e. The molecule has 86 valence electrons. The number of halogens is 1. The molecule has 0 fully saturated rings. The number of benzene rings is 1. The molecule has 4 heteroatoms. The quantitative estimate of drug-likeness (QED) is 0.643. The van der Waals surface area contributed by atoms with Crippen LogP contribution in [-0.4, -0.2) is 24.8 Å². The number of thioether (sulfide) groups is 1. The first kappa shape index (κ1) is 16.9. The highest BCUT2D eigenvalue weighted by atomic mass is 35.5. The van der Waals surface area contributed by atoms with Gasteiger partial charge in [-0.1, -0.05) is 25.4 Å². The van der Waals surface area contributed by atoms with Crippen molar-refractivity contribution < 1.29 is 9.90 Å². The molecule has 0 aliphatic heterocycles. The number of rotatable bonds is 2. The van der Waals surface area contributed by atoms with E-state index in [1.807, 2.05) is 26.2 Å². The summed E-state index contributed by atoms with van der Waals surface area (Å²) in [6, 6.07) is 5.39. The normalized spacial score (nSPS) is 7.87. The van der Waals surface area contributed by atoms with Crippen LogP contribution in [-0.2, 0) is 0 Å². The van der Waals surface area contributed by atoms with E-state index in [0.717, 1.165) is 18.3 Å². The van der Waals surface area contributed by atoms with Crippen LogP contribution in [0, 0.1) is 0 Å².